The van der Waals surface area contributed by atoms with Crippen LogP contribution in [0.1, 0.15) is 23.3 Å². The van der Waals surface area contributed by atoms with E-state index in [1.807, 2.05) is 36.2 Å². The predicted molar refractivity (Wildman–Crippen MR) is 102 cm³/mol. The van der Waals surface area contributed by atoms with Crippen LogP contribution in [0.15, 0.2) is 36.7 Å². The Morgan fingerprint density at radius 3 is 2.70 bits per heavy atom. The van der Waals surface area contributed by atoms with Crippen molar-refractivity contribution in [3.05, 3.63) is 42.4 Å². The van der Waals surface area contributed by atoms with Crippen LogP contribution in [0.4, 0.5) is 5.82 Å². The van der Waals surface area contributed by atoms with Crippen molar-refractivity contribution in [3.63, 3.8) is 0 Å². The molecule has 1 N–H and O–H groups in total. The first-order valence-corrected chi connectivity index (χ1v) is 9.00. The molecule has 8 heteroatoms. The third-order valence-corrected chi connectivity index (χ3v) is 4.94. The lowest BCUT2D eigenvalue weighted by Crippen LogP contribution is -2.42. The number of methoxy groups -OCH3 is 1. The summed E-state index contributed by atoms with van der Waals surface area (Å²) in [6.45, 7) is 1.34. The van der Waals surface area contributed by atoms with Crippen LogP contribution in [0.5, 0.6) is 5.88 Å². The van der Waals surface area contributed by atoms with E-state index in [0.717, 1.165) is 23.7 Å². The van der Waals surface area contributed by atoms with Gasteiger partial charge in [-0.1, -0.05) is 18.2 Å². The molecule has 1 saturated heterocycles. The first kappa shape index (κ1) is 17.3. The lowest BCUT2D eigenvalue weighted by molar-refractivity contribution is 0.0713. The maximum Gasteiger partial charge on any atom is 0.275 e. The molecule has 1 fully saturated rings. The topological polar surface area (TPSA) is 85.2 Å². The number of aryl methyl sites for hydroxylation is 1. The van der Waals surface area contributed by atoms with E-state index in [-0.39, 0.29) is 11.9 Å². The summed E-state index contributed by atoms with van der Waals surface area (Å²) in [4.78, 5) is 23.3. The number of nitrogens with zero attached hydrogens (tertiary/aromatic N) is 5. The number of anilines is 1. The van der Waals surface area contributed by atoms with Gasteiger partial charge in [-0.25, -0.2) is 9.97 Å². The summed E-state index contributed by atoms with van der Waals surface area (Å²) in [7, 11) is 3.44. The maximum atomic E-state index is 13.0. The molecule has 0 aliphatic carbocycles. The number of hydrogen-bond donors (Lipinski definition) is 1. The largest absolute Gasteiger partial charge is 0.478 e. The lowest BCUT2D eigenvalue weighted by Gasteiger charge is -2.32. The molecule has 0 saturated carbocycles. The van der Waals surface area contributed by atoms with Crippen LogP contribution in [0.25, 0.3) is 10.9 Å². The zero-order valence-corrected chi connectivity index (χ0v) is 15.4. The fourth-order valence-corrected chi connectivity index (χ4v) is 3.52. The number of likely N-dealkylation sites (tertiary alicyclic amines) is 1. The van der Waals surface area contributed by atoms with Gasteiger partial charge in [-0.2, -0.15) is 5.10 Å². The number of nitrogens with one attached hydrogen (secondary N) is 1. The number of benzene rings is 1. The van der Waals surface area contributed by atoms with E-state index in [4.69, 9.17) is 4.74 Å². The molecule has 1 amide bonds. The lowest BCUT2D eigenvalue weighted by atomic mass is 10.0. The average Bonchev–Trinajstić information content (AvgIpc) is 3.05. The van der Waals surface area contributed by atoms with Gasteiger partial charge in [0.05, 0.1) is 12.6 Å². The van der Waals surface area contributed by atoms with Gasteiger partial charge in [-0.15, -0.1) is 0 Å². The molecule has 0 spiro atoms. The van der Waals surface area contributed by atoms with Crippen molar-refractivity contribution < 1.29 is 9.53 Å². The van der Waals surface area contributed by atoms with E-state index in [0.29, 0.717) is 30.5 Å². The Morgan fingerprint density at radius 2 is 1.93 bits per heavy atom. The molecular formula is C19H22N6O2. The SMILES string of the molecule is COc1nccnc1NC1CCN(C(=O)c2nn(C)c3ccccc23)CC1. The molecule has 4 rings (SSSR count). The van der Waals surface area contributed by atoms with Crippen LogP contribution in [0.3, 0.4) is 0 Å². The molecule has 0 radical (unpaired) electrons. The minimum atomic E-state index is -0.0117. The van der Waals surface area contributed by atoms with Crippen molar-refractivity contribution in [1.29, 1.82) is 0 Å². The average molecular weight is 366 g/mol. The fourth-order valence-electron chi connectivity index (χ4n) is 3.52. The molecule has 3 heterocycles. The molecule has 140 valence electrons. The molecule has 2 aromatic heterocycles. The van der Waals surface area contributed by atoms with E-state index in [2.05, 4.69) is 20.4 Å². The number of para-hydroxylation sites is 1. The predicted octanol–water partition coefficient (Wildman–Crippen LogP) is 2.09. The van der Waals surface area contributed by atoms with Gasteiger partial charge in [0.25, 0.3) is 11.8 Å². The summed E-state index contributed by atoms with van der Waals surface area (Å²) in [5.74, 6) is 1.11. The first-order valence-electron chi connectivity index (χ1n) is 9.00. The highest BCUT2D eigenvalue weighted by Crippen LogP contribution is 2.24. The van der Waals surface area contributed by atoms with E-state index in [1.165, 1.54) is 0 Å². The molecular weight excluding hydrogens is 344 g/mol. The van der Waals surface area contributed by atoms with Crippen LogP contribution in [0.2, 0.25) is 0 Å². The van der Waals surface area contributed by atoms with Gasteiger partial charge >= 0.3 is 0 Å². The van der Waals surface area contributed by atoms with E-state index in [9.17, 15) is 4.79 Å². The maximum absolute atomic E-state index is 13.0. The second-order valence-corrected chi connectivity index (χ2v) is 6.61. The summed E-state index contributed by atoms with van der Waals surface area (Å²) < 4.78 is 7.00. The van der Waals surface area contributed by atoms with Crippen LogP contribution in [-0.4, -0.2) is 56.8 Å². The monoisotopic (exact) mass is 366 g/mol. The quantitative estimate of drug-likeness (QED) is 0.761. The van der Waals surface area contributed by atoms with Crippen LogP contribution in [-0.2, 0) is 7.05 Å². The molecule has 1 aliphatic heterocycles. The summed E-state index contributed by atoms with van der Waals surface area (Å²) >= 11 is 0. The third kappa shape index (κ3) is 3.30. The second-order valence-electron chi connectivity index (χ2n) is 6.61. The zero-order chi connectivity index (χ0) is 18.8. The normalized spacial score (nSPS) is 15.1. The van der Waals surface area contributed by atoms with Crippen molar-refractivity contribution in [1.82, 2.24) is 24.6 Å². The smallest absolute Gasteiger partial charge is 0.275 e. The fraction of sp³-hybridized carbons (Fsp3) is 0.368. The first-order chi connectivity index (χ1) is 13.2. The molecule has 8 nitrogen and oxygen atoms in total. The third-order valence-electron chi connectivity index (χ3n) is 4.94. The van der Waals surface area contributed by atoms with Crippen molar-refractivity contribution >= 4 is 22.6 Å². The second kappa shape index (κ2) is 7.22. The van der Waals surface area contributed by atoms with Crippen molar-refractivity contribution in [2.45, 2.75) is 18.9 Å². The number of aromatic nitrogens is 4. The summed E-state index contributed by atoms with van der Waals surface area (Å²) in [5.41, 5.74) is 1.49. The Kier molecular flexibility index (Phi) is 4.62. The zero-order valence-electron chi connectivity index (χ0n) is 15.4. The number of fused-ring (bicyclic) bond motifs is 1. The van der Waals surface area contributed by atoms with Gasteiger partial charge in [-0.05, 0) is 18.9 Å². The Hall–Kier alpha value is -3.16. The Labute approximate surface area is 157 Å². The standard InChI is InChI=1S/C19H22N6O2/c1-24-15-6-4-3-5-14(15)16(23-24)19(26)25-11-7-13(8-12-25)22-17-18(27-2)21-10-9-20-17/h3-6,9-10,13H,7-8,11-12H2,1-2H3,(H,20,22). The van der Waals surface area contributed by atoms with Gasteiger partial charge in [0.1, 0.15) is 0 Å². The molecule has 27 heavy (non-hydrogen) atoms. The van der Waals surface area contributed by atoms with Crippen LogP contribution in [0, 0.1) is 0 Å². The highest BCUT2D eigenvalue weighted by Gasteiger charge is 2.27. The Balaban J connectivity index is 1.43. The number of rotatable bonds is 4. The summed E-state index contributed by atoms with van der Waals surface area (Å²) in [6, 6.07) is 8.04. The van der Waals surface area contributed by atoms with E-state index >= 15 is 0 Å². The Bertz CT molecular complexity index is 962. The van der Waals surface area contributed by atoms with Gasteiger partial charge in [0.2, 0.25) is 0 Å². The number of amides is 1. The van der Waals surface area contributed by atoms with Crippen LogP contribution >= 0.6 is 0 Å². The van der Waals surface area contributed by atoms with Gasteiger partial charge in [-0.3, -0.25) is 9.48 Å². The van der Waals surface area contributed by atoms with Gasteiger partial charge in [0, 0.05) is 44.0 Å². The number of piperidine rings is 1. The van der Waals surface area contributed by atoms with Crippen molar-refractivity contribution in [2.75, 3.05) is 25.5 Å². The van der Waals surface area contributed by atoms with E-state index < -0.39 is 0 Å². The Morgan fingerprint density at radius 1 is 1.19 bits per heavy atom. The highest BCUT2D eigenvalue weighted by atomic mass is 16.5. The summed E-state index contributed by atoms with van der Waals surface area (Å²) in [5, 5.41) is 8.72. The molecule has 1 aliphatic rings. The van der Waals surface area contributed by atoms with Crippen molar-refractivity contribution in [2.24, 2.45) is 7.05 Å². The van der Waals surface area contributed by atoms with E-state index in [1.54, 1.807) is 24.2 Å². The van der Waals surface area contributed by atoms with Crippen molar-refractivity contribution in [3.8, 4) is 5.88 Å². The molecule has 0 atom stereocenters. The van der Waals surface area contributed by atoms with Crippen LogP contribution < -0.4 is 10.1 Å². The van der Waals surface area contributed by atoms with Gasteiger partial charge in [0.15, 0.2) is 11.5 Å². The number of ether oxygens (including phenoxy) is 1. The minimum Gasteiger partial charge on any atom is -0.478 e. The highest BCUT2D eigenvalue weighted by molar-refractivity contribution is 6.04. The number of carbonyl (C=O) groups excluding carboxylic acids is 1. The molecule has 3 aromatic rings. The molecule has 0 bridgehead atoms. The minimum absolute atomic E-state index is 0.0117. The number of hydrogen-bond acceptors (Lipinski definition) is 6. The molecule has 1 aromatic carbocycles. The summed E-state index contributed by atoms with van der Waals surface area (Å²) in [6.07, 6.45) is 4.89. The van der Waals surface area contributed by atoms with Gasteiger partial charge < -0.3 is 15.0 Å². The number of carbonyl (C=O) groups is 1. The molecule has 0 unspecified atom stereocenters.